The summed E-state index contributed by atoms with van der Waals surface area (Å²) in [5.74, 6) is 0.650. The zero-order valence-corrected chi connectivity index (χ0v) is 18.6. The topological polar surface area (TPSA) is 50.7 Å². The van der Waals surface area contributed by atoms with E-state index in [-0.39, 0.29) is 11.2 Å². The van der Waals surface area contributed by atoms with Crippen molar-refractivity contribution in [3.63, 3.8) is 0 Å². The number of hydrogen-bond acceptors (Lipinski definition) is 4. The summed E-state index contributed by atoms with van der Waals surface area (Å²) in [6, 6.07) is 32.0. The van der Waals surface area contributed by atoms with Crippen LogP contribution in [0.25, 0.3) is 10.8 Å². The van der Waals surface area contributed by atoms with Crippen molar-refractivity contribution in [2.45, 2.75) is 23.7 Å². The van der Waals surface area contributed by atoms with E-state index in [1.165, 1.54) is 22.5 Å². The number of hydrogen-bond donors (Lipinski definition) is 1. The molecule has 4 rings (SSSR count). The third-order valence-corrected chi connectivity index (χ3v) is 6.08. The second-order valence-corrected chi connectivity index (χ2v) is 8.72. The summed E-state index contributed by atoms with van der Waals surface area (Å²) < 4.78 is 5.97. The van der Waals surface area contributed by atoms with Crippen molar-refractivity contribution in [1.29, 1.82) is 0 Å². The minimum absolute atomic E-state index is 0.134. The summed E-state index contributed by atoms with van der Waals surface area (Å²) in [5.41, 5.74) is 4.64. The molecule has 32 heavy (non-hydrogen) atoms. The lowest BCUT2D eigenvalue weighted by atomic mass is 10.1. The molecule has 0 aliphatic heterocycles. The van der Waals surface area contributed by atoms with Crippen LogP contribution in [0.4, 0.5) is 0 Å². The van der Waals surface area contributed by atoms with Crippen LogP contribution in [0.5, 0.6) is 5.75 Å². The Hall–Kier alpha value is -3.57. The Morgan fingerprint density at radius 3 is 2.47 bits per heavy atom. The van der Waals surface area contributed by atoms with E-state index in [9.17, 15) is 4.79 Å². The van der Waals surface area contributed by atoms with Crippen LogP contribution >= 0.6 is 11.8 Å². The van der Waals surface area contributed by atoms with Crippen molar-refractivity contribution in [2.75, 3.05) is 0 Å². The van der Waals surface area contributed by atoms with Gasteiger partial charge in [0.25, 0.3) is 5.91 Å². The average molecular weight is 441 g/mol. The van der Waals surface area contributed by atoms with Crippen LogP contribution in [-0.4, -0.2) is 17.4 Å². The van der Waals surface area contributed by atoms with Gasteiger partial charge in [0.1, 0.15) is 12.4 Å². The van der Waals surface area contributed by atoms with Crippen LogP contribution in [0, 0.1) is 0 Å². The Balaban J connectivity index is 1.28. The molecule has 0 radical (unpaired) electrons. The predicted molar refractivity (Wildman–Crippen MR) is 132 cm³/mol. The van der Waals surface area contributed by atoms with Gasteiger partial charge in [-0.1, -0.05) is 60.7 Å². The summed E-state index contributed by atoms with van der Waals surface area (Å²) in [5, 5.41) is 6.26. The Kier molecular flexibility index (Phi) is 7.20. The maximum Gasteiger partial charge on any atom is 0.253 e. The largest absolute Gasteiger partial charge is 0.489 e. The van der Waals surface area contributed by atoms with Gasteiger partial charge in [-0.2, -0.15) is 5.10 Å². The highest BCUT2D eigenvalue weighted by molar-refractivity contribution is 8.00. The normalized spacial score (nSPS) is 12.0. The van der Waals surface area contributed by atoms with E-state index >= 15 is 0 Å². The predicted octanol–water partition coefficient (Wildman–Crippen LogP) is 6.05. The van der Waals surface area contributed by atoms with E-state index in [2.05, 4.69) is 34.8 Å². The van der Waals surface area contributed by atoms with Gasteiger partial charge in [0.15, 0.2) is 0 Å². The molecule has 0 heterocycles. The Labute approximate surface area is 192 Å². The van der Waals surface area contributed by atoms with Crippen LogP contribution in [0.2, 0.25) is 0 Å². The van der Waals surface area contributed by atoms with E-state index in [1.54, 1.807) is 6.21 Å². The first kappa shape index (κ1) is 21.7. The highest BCUT2D eigenvalue weighted by Crippen LogP contribution is 2.23. The molecule has 4 nitrogen and oxygen atoms in total. The van der Waals surface area contributed by atoms with E-state index in [1.807, 2.05) is 79.7 Å². The van der Waals surface area contributed by atoms with Gasteiger partial charge >= 0.3 is 0 Å². The van der Waals surface area contributed by atoms with Crippen LogP contribution in [0.15, 0.2) is 107 Å². The number of hydrazone groups is 1. The van der Waals surface area contributed by atoms with Crippen molar-refractivity contribution in [1.82, 2.24) is 5.43 Å². The van der Waals surface area contributed by atoms with E-state index in [4.69, 9.17) is 4.74 Å². The number of carbonyl (C=O) groups excluding carboxylic acids is 1. The van der Waals surface area contributed by atoms with E-state index in [0.29, 0.717) is 6.61 Å². The first-order chi connectivity index (χ1) is 15.7. The summed E-state index contributed by atoms with van der Waals surface area (Å²) in [4.78, 5) is 13.3. The number of rotatable bonds is 8. The van der Waals surface area contributed by atoms with Crippen LogP contribution in [-0.2, 0) is 11.4 Å². The van der Waals surface area contributed by atoms with Gasteiger partial charge in [0.2, 0.25) is 0 Å². The fraction of sp³-hybridized carbons (Fsp3) is 0.111. The second kappa shape index (κ2) is 10.6. The number of nitrogens with zero attached hydrogens (tertiary/aromatic N) is 1. The SMILES string of the molecule is C[C@H](Sc1ccccc1)C(=O)N/N=C\c1ccc(OCc2cccc3ccccc23)cc1. The molecular formula is C27H24N2O2S. The monoisotopic (exact) mass is 440 g/mol. The molecule has 0 aliphatic carbocycles. The molecule has 0 aliphatic rings. The lowest BCUT2D eigenvalue weighted by molar-refractivity contribution is -0.120. The van der Waals surface area contributed by atoms with Crippen molar-refractivity contribution in [3.05, 3.63) is 108 Å². The minimum atomic E-state index is -0.237. The third kappa shape index (κ3) is 5.77. The molecule has 0 saturated carbocycles. The fourth-order valence-corrected chi connectivity index (χ4v) is 4.13. The maximum absolute atomic E-state index is 12.2. The maximum atomic E-state index is 12.2. The Bertz CT molecular complexity index is 1200. The number of fused-ring (bicyclic) bond motifs is 1. The number of benzene rings is 4. The molecule has 0 saturated heterocycles. The van der Waals surface area contributed by atoms with Gasteiger partial charge in [0, 0.05) is 4.90 Å². The molecule has 4 aromatic carbocycles. The number of ether oxygens (including phenoxy) is 1. The van der Waals surface area contributed by atoms with E-state index < -0.39 is 0 Å². The molecule has 1 amide bonds. The molecule has 0 aromatic heterocycles. The van der Waals surface area contributed by atoms with Crippen LogP contribution in [0.1, 0.15) is 18.1 Å². The van der Waals surface area contributed by atoms with Crippen LogP contribution < -0.4 is 10.2 Å². The summed E-state index contributed by atoms with van der Waals surface area (Å²) in [6.07, 6.45) is 1.63. The Morgan fingerprint density at radius 2 is 1.66 bits per heavy atom. The highest BCUT2D eigenvalue weighted by atomic mass is 32.2. The van der Waals surface area contributed by atoms with Crippen molar-refractivity contribution in [3.8, 4) is 5.75 Å². The first-order valence-electron chi connectivity index (χ1n) is 10.4. The highest BCUT2D eigenvalue weighted by Gasteiger charge is 2.13. The summed E-state index contributed by atoms with van der Waals surface area (Å²) in [6.45, 7) is 2.37. The lowest BCUT2D eigenvalue weighted by Crippen LogP contribution is -2.26. The number of amides is 1. The van der Waals surface area contributed by atoms with Gasteiger partial charge in [-0.05, 0) is 65.2 Å². The third-order valence-electron chi connectivity index (χ3n) is 4.97. The molecule has 1 atom stereocenters. The molecule has 160 valence electrons. The number of thioether (sulfide) groups is 1. The molecule has 0 fully saturated rings. The lowest BCUT2D eigenvalue weighted by Gasteiger charge is -2.10. The number of nitrogens with one attached hydrogen (secondary N) is 1. The van der Waals surface area contributed by atoms with Crippen LogP contribution in [0.3, 0.4) is 0 Å². The molecular weight excluding hydrogens is 416 g/mol. The number of carbonyl (C=O) groups is 1. The molecule has 1 N–H and O–H groups in total. The molecule has 0 bridgehead atoms. The fourth-order valence-electron chi connectivity index (χ4n) is 3.25. The van der Waals surface area contributed by atoms with E-state index in [0.717, 1.165) is 21.8 Å². The quantitative estimate of drug-likeness (QED) is 0.206. The molecule has 5 heteroatoms. The summed E-state index contributed by atoms with van der Waals surface area (Å²) in [7, 11) is 0. The van der Waals surface area contributed by atoms with Crippen molar-refractivity contribution in [2.24, 2.45) is 5.10 Å². The van der Waals surface area contributed by atoms with Crippen molar-refractivity contribution < 1.29 is 9.53 Å². The minimum Gasteiger partial charge on any atom is -0.489 e. The zero-order chi connectivity index (χ0) is 22.2. The van der Waals surface area contributed by atoms with Crippen molar-refractivity contribution >= 4 is 34.7 Å². The first-order valence-corrected chi connectivity index (χ1v) is 11.3. The van der Waals surface area contributed by atoms with Gasteiger partial charge < -0.3 is 4.74 Å². The standard InChI is InChI=1S/C27H24N2O2S/c1-20(32-25-11-3-2-4-12-25)27(30)29-28-18-21-14-16-24(17-15-21)31-19-23-10-7-9-22-8-5-6-13-26(22)23/h2-18,20H,19H2,1H3,(H,29,30)/b28-18-/t20-/m0/s1. The summed E-state index contributed by atoms with van der Waals surface area (Å²) >= 11 is 1.50. The molecule has 4 aromatic rings. The zero-order valence-electron chi connectivity index (χ0n) is 17.8. The molecule has 0 spiro atoms. The van der Waals surface area contributed by atoms with Gasteiger partial charge in [0.05, 0.1) is 11.5 Å². The van der Waals surface area contributed by atoms with Gasteiger partial charge in [-0.3, -0.25) is 4.79 Å². The average Bonchev–Trinajstić information content (AvgIpc) is 2.84. The van der Waals surface area contributed by atoms with Gasteiger partial charge in [-0.15, -0.1) is 11.8 Å². The smallest absolute Gasteiger partial charge is 0.253 e. The second-order valence-electron chi connectivity index (χ2n) is 7.30. The molecule has 0 unspecified atom stereocenters. The Morgan fingerprint density at radius 1 is 0.938 bits per heavy atom. The van der Waals surface area contributed by atoms with Gasteiger partial charge in [-0.25, -0.2) is 5.43 Å².